The lowest BCUT2D eigenvalue weighted by atomic mass is 10.1. The molecule has 7 aromatic carbocycles. The first-order chi connectivity index (χ1) is 25.3. The van der Waals surface area contributed by atoms with Crippen molar-refractivity contribution < 1.29 is 0 Å². The van der Waals surface area contributed by atoms with E-state index in [1.165, 1.54) is 38.1 Å². The maximum Gasteiger partial charge on any atom is 0.0562 e. The van der Waals surface area contributed by atoms with Crippen LogP contribution in [0.3, 0.4) is 0 Å². The lowest BCUT2D eigenvalue weighted by Gasteiger charge is -2.27. The number of hydrogen-bond donors (Lipinski definition) is 0. The fourth-order valence-electron chi connectivity index (χ4n) is 7.79. The average Bonchev–Trinajstić information content (AvgIpc) is 3.73. The Hall–Kier alpha value is -6.91. The normalized spacial score (nSPS) is 11.5. The molecule has 3 heterocycles. The minimum atomic E-state index is 1.09. The maximum atomic E-state index is 4.23. The van der Waals surface area contributed by atoms with Crippen molar-refractivity contribution in [3.05, 3.63) is 194 Å². The molecule has 0 unspecified atom stereocenters. The summed E-state index contributed by atoms with van der Waals surface area (Å²) < 4.78 is 4.77. The maximum absolute atomic E-state index is 4.23. The van der Waals surface area contributed by atoms with Gasteiger partial charge in [-0.3, -0.25) is 4.98 Å². The zero-order valence-corrected chi connectivity index (χ0v) is 27.8. The molecule has 51 heavy (non-hydrogen) atoms. The molecule has 0 radical (unpaired) electrons. The highest BCUT2D eigenvalue weighted by atomic mass is 15.1. The fraction of sp³-hybridized carbons (Fsp3) is 0. The zero-order valence-electron chi connectivity index (χ0n) is 27.8. The molecule has 0 bridgehead atoms. The highest BCUT2D eigenvalue weighted by Crippen LogP contribution is 2.44. The molecule has 10 aromatic rings. The highest BCUT2D eigenvalue weighted by molar-refractivity contribution is 6.16. The second kappa shape index (κ2) is 11.9. The number of anilines is 3. The summed E-state index contributed by atoms with van der Waals surface area (Å²) in [6.07, 6.45) is 3.70. The van der Waals surface area contributed by atoms with E-state index in [-0.39, 0.29) is 0 Å². The fourth-order valence-corrected chi connectivity index (χ4v) is 7.79. The summed E-state index contributed by atoms with van der Waals surface area (Å²) in [7, 11) is 0. The van der Waals surface area contributed by atoms with Gasteiger partial charge in [0.15, 0.2) is 0 Å². The van der Waals surface area contributed by atoms with E-state index >= 15 is 0 Å². The summed E-state index contributed by atoms with van der Waals surface area (Å²) in [5.74, 6) is 0. The quantitative estimate of drug-likeness (QED) is 0.179. The van der Waals surface area contributed by atoms with Gasteiger partial charge in [0, 0.05) is 56.7 Å². The van der Waals surface area contributed by atoms with E-state index in [9.17, 15) is 0 Å². The Morgan fingerprint density at radius 1 is 0.373 bits per heavy atom. The molecule has 0 N–H and O–H groups in total. The first-order valence-electron chi connectivity index (χ1n) is 17.3. The van der Waals surface area contributed by atoms with Crippen molar-refractivity contribution in [1.82, 2.24) is 14.1 Å². The second-order valence-electron chi connectivity index (χ2n) is 12.9. The van der Waals surface area contributed by atoms with Crippen molar-refractivity contribution in [1.29, 1.82) is 0 Å². The monoisotopic (exact) mass is 652 g/mol. The van der Waals surface area contributed by atoms with Crippen LogP contribution in [0, 0.1) is 0 Å². The smallest absolute Gasteiger partial charge is 0.0562 e. The standard InChI is InChI=1S/C47H32N4/c1-2-13-35(14-3-1)49(36-24-26-37(27-25-36)50-42-19-7-4-16-39(42)40-17-5-8-20-43(40)50)45-22-11-23-46-47(45)41-18-6-9-21-44(41)51(46)38-15-10-12-34(32-38)33-28-30-48-31-29-33/h1-32H. The van der Waals surface area contributed by atoms with Gasteiger partial charge in [-0.15, -0.1) is 0 Å². The third-order valence-electron chi connectivity index (χ3n) is 10.00. The molecule has 0 aliphatic rings. The number of hydrogen-bond acceptors (Lipinski definition) is 2. The van der Waals surface area contributed by atoms with Gasteiger partial charge in [-0.05, 0) is 102 Å². The average molecular weight is 653 g/mol. The van der Waals surface area contributed by atoms with Crippen LogP contribution in [0.15, 0.2) is 194 Å². The van der Waals surface area contributed by atoms with Gasteiger partial charge >= 0.3 is 0 Å². The number of pyridine rings is 1. The van der Waals surface area contributed by atoms with E-state index in [4.69, 9.17) is 0 Å². The Balaban J connectivity index is 1.17. The Labute approximate surface area is 295 Å². The molecule has 10 rings (SSSR count). The van der Waals surface area contributed by atoms with Crippen LogP contribution < -0.4 is 4.90 Å². The third-order valence-corrected chi connectivity index (χ3v) is 10.00. The number of fused-ring (bicyclic) bond motifs is 6. The topological polar surface area (TPSA) is 26.0 Å². The van der Waals surface area contributed by atoms with Crippen molar-refractivity contribution in [2.24, 2.45) is 0 Å². The first kappa shape index (κ1) is 29.0. The summed E-state index contributed by atoms with van der Waals surface area (Å²) in [5.41, 5.74) is 12.6. The molecule has 0 aliphatic carbocycles. The van der Waals surface area contributed by atoms with Gasteiger partial charge in [-0.2, -0.15) is 0 Å². The van der Waals surface area contributed by atoms with Crippen molar-refractivity contribution in [2.75, 3.05) is 4.90 Å². The zero-order chi connectivity index (χ0) is 33.7. The van der Waals surface area contributed by atoms with Gasteiger partial charge in [0.1, 0.15) is 0 Å². The first-order valence-corrected chi connectivity index (χ1v) is 17.3. The van der Waals surface area contributed by atoms with E-state index in [1.54, 1.807) is 0 Å². The van der Waals surface area contributed by atoms with Crippen LogP contribution in [0.4, 0.5) is 17.1 Å². The van der Waals surface area contributed by atoms with E-state index in [0.717, 1.165) is 45.1 Å². The summed E-state index contributed by atoms with van der Waals surface area (Å²) in [4.78, 5) is 6.62. The van der Waals surface area contributed by atoms with Gasteiger partial charge in [0.05, 0.1) is 27.8 Å². The molecule has 0 saturated carbocycles. The molecular formula is C47H32N4. The molecule has 0 fully saturated rings. The number of para-hydroxylation sites is 4. The van der Waals surface area contributed by atoms with Crippen LogP contribution in [0.5, 0.6) is 0 Å². The van der Waals surface area contributed by atoms with E-state index < -0.39 is 0 Å². The number of benzene rings is 7. The molecule has 0 saturated heterocycles. The summed E-state index contributed by atoms with van der Waals surface area (Å²) in [6.45, 7) is 0. The Bertz CT molecular complexity index is 2800. The Kier molecular flexibility index (Phi) is 6.78. The van der Waals surface area contributed by atoms with Crippen LogP contribution in [0.1, 0.15) is 0 Å². The van der Waals surface area contributed by atoms with Crippen LogP contribution in [0.25, 0.3) is 66.1 Å². The molecule has 0 aliphatic heterocycles. The van der Waals surface area contributed by atoms with Gasteiger partial charge in [-0.1, -0.05) is 91.0 Å². The number of nitrogens with zero attached hydrogens (tertiary/aromatic N) is 4. The molecule has 0 spiro atoms. The lowest BCUT2D eigenvalue weighted by molar-refractivity contribution is 1.17. The van der Waals surface area contributed by atoms with Crippen molar-refractivity contribution >= 4 is 60.7 Å². The molecular weight excluding hydrogens is 621 g/mol. The van der Waals surface area contributed by atoms with Gasteiger partial charge in [0.25, 0.3) is 0 Å². The van der Waals surface area contributed by atoms with E-state index in [2.05, 4.69) is 201 Å². The van der Waals surface area contributed by atoms with Crippen LogP contribution in [-0.4, -0.2) is 14.1 Å². The molecule has 3 aromatic heterocycles. The van der Waals surface area contributed by atoms with Gasteiger partial charge in [0.2, 0.25) is 0 Å². The van der Waals surface area contributed by atoms with Crippen molar-refractivity contribution in [3.8, 4) is 22.5 Å². The van der Waals surface area contributed by atoms with Crippen LogP contribution >= 0.6 is 0 Å². The summed E-state index contributed by atoms with van der Waals surface area (Å²) >= 11 is 0. The molecule has 240 valence electrons. The van der Waals surface area contributed by atoms with Crippen LogP contribution in [-0.2, 0) is 0 Å². The largest absolute Gasteiger partial charge is 0.310 e. The molecule has 0 amide bonds. The van der Waals surface area contributed by atoms with Crippen LogP contribution in [0.2, 0.25) is 0 Å². The summed E-state index contributed by atoms with van der Waals surface area (Å²) in [5, 5.41) is 4.94. The minimum Gasteiger partial charge on any atom is -0.310 e. The third kappa shape index (κ3) is 4.72. The molecule has 4 nitrogen and oxygen atoms in total. The Morgan fingerprint density at radius 2 is 0.922 bits per heavy atom. The van der Waals surface area contributed by atoms with Crippen molar-refractivity contribution in [2.45, 2.75) is 0 Å². The minimum absolute atomic E-state index is 1.09. The van der Waals surface area contributed by atoms with Crippen molar-refractivity contribution in [3.63, 3.8) is 0 Å². The van der Waals surface area contributed by atoms with Gasteiger partial charge in [-0.25, -0.2) is 0 Å². The van der Waals surface area contributed by atoms with E-state index in [0.29, 0.717) is 0 Å². The molecule has 0 atom stereocenters. The Morgan fingerprint density at radius 3 is 1.63 bits per heavy atom. The van der Waals surface area contributed by atoms with Gasteiger partial charge < -0.3 is 14.0 Å². The predicted molar refractivity (Wildman–Crippen MR) is 213 cm³/mol. The highest BCUT2D eigenvalue weighted by Gasteiger charge is 2.21. The SMILES string of the molecule is c1ccc(N(c2ccc(-n3c4ccccc4c4ccccc43)cc2)c2cccc3c2c2ccccc2n3-c2cccc(-c3ccncc3)c2)cc1. The summed E-state index contributed by atoms with van der Waals surface area (Å²) in [6, 6.07) is 65.4. The van der Waals surface area contributed by atoms with E-state index in [1.807, 2.05) is 12.4 Å². The molecule has 4 heteroatoms. The lowest BCUT2D eigenvalue weighted by Crippen LogP contribution is -2.10. The number of aromatic nitrogens is 3. The number of rotatable bonds is 6. The second-order valence-corrected chi connectivity index (χ2v) is 12.9. The predicted octanol–water partition coefficient (Wildman–Crippen LogP) is 12.4.